The zero-order valence-electron chi connectivity index (χ0n) is 10.8. The highest BCUT2D eigenvalue weighted by atomic mass is 19.4. The molecular weight excluding hydrogens is 290 g/mol. The van der Waals surface area contributed by atoms with Crippen molar-refractivity contribution in [2.24, 2.45) is 0 Å². The van der Waals surface area contributed by atoms with Gasteiger partial charge in [-0.3, -0.25) is 0 Å². The van der Waals surface area contributed by atoms with E-state index in [0.29, 0.717) is 5.69 Å². The van der Waals surface area contributed by atoms with Crippen molar-refractivity contribution in [3.63, 3.8) is 0 Å². The largest absolute Gasteiger partial charge is 0.494 e. The lowest BCUT2D eigenvalue weighted by atomic mass is 10.2. The normalized spacial score (nSPS) is 11.3. The number of halogens is 4. The quantitative estimate of drug-likeness (QED) is 0.851. The number of anilines is 3. The topological polar surface area (TPSA) is 60.2 Å². The van der Waals surface area contributed by atoms with E-state index in [1.54, 1.807) is 0 Å². The number of hydrogen-bond acceptors (Lipinski definition) is 4. The molecule has 0 radical (unpaired) electrons. The maximum atomic E-state index is 13.3. The number of nitrogens with zero attached hydrogens (tertiary/aromatic N) is 1. The molecule has 1 heterocycles. The summed E-state index contributed by atoms with van der Waals surface area (Å²) < 4.78 is 56.1. The number of pyridine rings is 1. The maximum absolute atomic E-state index is 13.3. The second-order valence-corrected chi connectivity index (χ2v) is 4.14. The molecular formula is C13H11F4N3O. The minimum absolute atomic E-state index is 0.0417. The van der Waals surface area contributed by atoms with Gasteiger partial charge < -0.3 is 15.8 Å². The maximum Gasteiger partial charge on any atom is 0.416 e. The number of alkyl halides is 3. The smallest absolute Gasteiger partial charge is 0.416 e. The molecule has 0 atom stereocenters. The Balaban J connectivity index is 2.33. The van der Waals surface area contributed by atoms with Gasteiger partial charge in [-0.25, -0.2) is 9.37 Å². The molecule has 0 aliphatic heterocycles. The monoisotopic (exact) mass is 301 g/mol. The first-order chi connectivity index (χ1) is 9.79. The van der Waals surface area contributed by atoms with Gasteiger partial charge in [-0.1, -0.05) is 0 Å². The molecule has 0 spiro atoms. The summed E-state index contributed by atoms with van der Waals surface area (Å²) >= 11 is 0. The number of hydrogen-bond donors (Lipinski definition) is 2. The van der Waals surface area contributed by atoms with Gasteiger partial charge in [0.15, 0.2) is 11.6 Å². The van der Waals surface area contributed by atoms with E-state index in [-0.39, 0.29) is 17.4 Å². The van der Waals surface area contributed by atoms with E-state index in [0.717, 1.165) is 18.2 Å². The van der Waals surface area contributed by atoms with Gasteiger partial charge in [-0.05, 0) is 24.3 Å². The number of benzene rings is 1. The molecule has 3 N–H and O–H groups in total. The lowest BCUT2D eigenvalue weighted by molar-refractivity contribution is -0.137. The van der Waals surface area contributed by atoms with Crippen molar-refractivity contribution >= 4 is 17.3 Å². The average Bonchev–Trinajstić information content (AvgIpc) is 2.39. The first kappa shape index (κ1) is 14.9. The summed E-state index contributed by atoms with van der Waals surface area (Å²) in [4.78, 5) is 3.75. The molecule has 8 heteroatoms. The molecule has 0 saturated heterocycles. The van der Waals surface area contributed by atoms with Crippen LogP contribution in [-0.2, 0) is 6.18 Å². The minimum atomic E-state index is -4.53. The van der Waals surface area contributed by atoms with Crippen LogP contribution in [0.5, 0.6) is 5.75 Å². The van der Waals surface area contributed by atoms with Crippen LogP contribution in [-0.4, -0.2) is 12.1 Å². The molecule has 0 saturated carbocycles. The van der Waals surface area contributed by atoms with Gasteiger partial charge in [0.2, 0.25) is 0 Å². The fourth-order valence-electron chi connectivity index (χ4n) is 1.67. The zero-order valence-corrected chi connectivity index (χ0v) is 10.8. The average molecular weight is 301 g/mol. The van der Waals surface area contributed by atoms with Crippen molar-refractivity contribution < 1.29 is 22.3 Å². The van der Waals surface area contributed by atoms with Crippen LogP contribution in [0.3, 0.4) is 0 Å². The predicted octanol–water partition coefficient (Wildman–Crippen LogP) is 3.57. The molecule has 0 amide bonds. The second-order valence-electron chi connectivity index (χ2n) is 4.14. The molecule has 0 bridgehead atoms. The van der Waals surface area contributed by atoms with Crippen LogP contribution in [0.4, 0.5) is 34.9 Å². The lowest BCUT2D eigenvalue weighted by Crippen LogP contribution is -2.08. The molecule has 0 fully saturated rings. The van der Waals surface area contributed by atoms with Gasteiger partial charge in [0.1, 0.15) is 11.6 Å². The molecule has 112 valence electrons. The van der Waals surface area contributed by atoms with Crippen LogP contribution in [0.1, 0.15) is 5.56 Å². The summed E-state index contributed by atoms with van der Waals surface area (Å²) in [6.45, 7) is 0. The van der Waals surface area contributed by atoms with E-state index >= 15 is 0 Å². The van der Waals surface area contributed by atoms with Crippen LogP contribution in [0, 0.1) is 5.82 Å². The Hall–Kier alpha value is -2.51. The van der Waals surface area contributed by atoms with E-state index in [4.69, 9.17) is 10.5 Å². The molecule has 0 aliphatic rings. The van der Waals surface area contributed by atoms with Gasteiger partial charge in [0.25, 0.3) is 0 Å². The predicted molar refractivity (Wildman–Crippen MR) is 69.9 cm³/mol. The van der Waals surface area contributed by atoms with Crippen LogP contribution < -0.4 is 15.8 Å². The molecule has 1 aromatic heterocycles. The van der Waals surface area contributed by atoms with E-state index in [1.165, 1.54) is 19.2 Å². The fourth-order valence-corrected chi connectivity index (χ4v) is 1.67. The number of ether oxygens (including phenoxy) is 1. The first-order valence-electron chi connectivity index (χ1n) is 5.75. The third kappa shape index (κ3) is 3.53. The Labute approximate surface area is 117 Å². The van der Waals surface area contributed by atoms with Gasteiger partial charge in [-0.2, -0.15) is 13.2 Å². The number of aromatic nitrogens is 1. The molecule has 0 aliphatic carbocycles. The minimum Gasteiger partial charge on any atom is -0.494 e. The number of nitrogen functional groups attached to an aromatic ring is 1. The molecule has 2 rings (SSSR count). The number of nitrogens with two attached hydrogens (primary N) is 1. The third-order valence-electron chi connectivity index (χ3n) is 2.60. The van der Waals surface area contributed by atoms with Crippen LogP contribution >= 0.6 is 0 Å². The van der Waals surface area contributed by atoms with Crippen molar-refractivity contribution in [1.82, 2.24) is 4.98 Å². The molecule has 21 heavy (non-hydrogen) atoms. The van der Waals surface area contributed by atoms with Crippen molar-refractivity contribution in [2.45, 2.75) is 6.18 Å². The number of methoxy groups -OCH3 is 1. The van der Waals surface area contributed by atoms with E-state index in [2.05, 4.69) is 10.3 Å². The summed E-state index contributed by atoms with van der Waals surface area (Å²) in [7, 11) is 1.28. The number of nitrogens with one attached hydrogen (secondary N) is 1. The highest BCUT2D eigenvalue weighted by Crippen LogP contribution is 2.32. The first-order valence-corrected chi connectivity index (χ1v) is 5.75. The van der Waals surface area contributed by atoms with E-state index in [9.17, 15) is 17.6 Å². The lowest BCUT2D eigenvalue weighted by Gasteiger charge is -2.12. The van der Waals surface area contributed by atoms with Crippen molar-refractivity contribution in [2.75, 3.05) is 18.2 Å². The Morgan fingerprint density at radius 2 is 1.90 bits per heavy atom. The molecule has 2 aromatic rings. The van der Waals surface area contributed by atoms with Crippen molar-refractivity contribution in [1.29, 1.82) is 0 Å². The summed E-state index contributed by atoms with van der Waals surface area (Å²) in [5, 5.41) is 2.62. The van der Waals surface area contributed by atoms with Crippen molar-refractivity contribution in [3.05, 3.63) is 41.7 Å². The van der Waals surface area contributed by atoms with Crippen molar-refractivity contribution in [3.8, 4) is 5.75 Å². The van der Waals surface area contributed by atoms with Crippen LogP contribution in [0.25, 0.3) is 0 Å². The molecule has 1 aromatic carbocycles. The highest BCUT2D eigenvalue weighted by Gasteiger charge is 2.31. The second kappa shape index (κ2) is 5.47. The Morgan fingerprint density at radius 3 is 2.52 bits per heavy atom. The van der Waals surface area contributed by atoms with Crippen LogP contribution in [0.15, 0.2) is 30.3 Å². The highest BCUT2D eigenvalue weighted by molar-refractivity contribution is 5.60. The zero-order chi connectivity index (χ0) is 15.6. The van der Waals surface area contributed by atoms with E-state index in [1.807, 2.05) is 0 Å². The summed E-state index contributed by atoms with van der Waals surface area (Å²) in [6, 6.07) is 5.31. The Kier molecular flexibility index (Phi) is 3.88. The van der Waals surface area contributed by atoms with E-state index < -0.39 is 17.6 Å². The summed E-state index contributed by atoms with van der Waals surface area (Å²) in [5.41, 5.74) is 4.75. The third-order valence-corrected chi connectivity index (χ3v) is 2.60. The van der Waals surface area contributed by atoms with Gasteiger partial charge >= 0.3 is 6.18 Å². The van der Waals surface area contributed by atoms with Gasteiger partial charge in [0, 0.05) is 11.8 Å². The molecule has 4 nitrogen and oxygen atoms in total. The summed E-state index contributed by atoms with van der Waals surface area (Å²) in [5.74, 6) is -1.00. The molecule has 0 unspecified atom stereocenters. The SMILES string of the molecule is COc1cc(Nc2cc(C(F)(F)F)cc(N)n2)ccc1F. The standard InChI is InChI=1S/C13H11F4N3O/c1-21-10-6-8(2-3-9(10)14)19-12-5-7(13(15,16)17)4-11(18)20-12/h2-6H,1H3,(H3,18,19,20). The number of rotatable bonds is 3. The van der Waals surface area contributed by atoms with Crippen LogP contribution in [0.2, 0.25) is 0 Å². The van der Waals surface area contributed by atoms with Gasteiger partial charge in [0.05, 0.1) is 12.7 Å². The summed E-state index contributed by atoms with van der Waals surface area (Å²) in [6.07, 6.45) is -4.53. The Morgan fingerprint density at radius 1 is 1.19 bits per heavy atom. The fraction of sp³-hybridized carbons (Fsp3) is 0.154. The van der Waals surface area contributed by atoms with Gasteiger partial charge in [-0.15, -0.1) is 0 Å². The Bertz CT molecular complexity index is 658.